The average molecular weight is 322 g/mol. The zero-order chi connectivity index (χ0) is 7.84. The van der Waals surface area contributed by atoms with E-state index in [0.717, 1.165) is 4.47 Å². The third-order valence-corrected chi connectivity index (χ3v) is 2.93. The number of hydrogen-bond acceptors (Lipinski definition) is 0. The van der Waals surface area contributed by atoms with E-state index in [-0.39, 0.29) is 0 Å². The maximum Gasteiger partial charge on any atom is 0.0475 e. The van der Waals surface area contributed by atoms with Crippen LogP contribution in [0.2, 0.25) is 0 Å². The van der Waals surface area contributed by atoms with Crippen molar-refractivity contribution in [1.29, 1.82) is 0 Å². The zero-order valence-electron chi connectivity index (χ0n) is 5.57. The molecule has 11 heavy (non-hydrogen) atoms. The van der Waals surface area contributed by atoms with Crippen LogP contribution in [0.1, 0.15) is 0 Å². The number of halogens is 2. The standard InChI is InChI=1S/C8H5BrIN/c9-5-3-7(10)6-1-2-11-8(6)4-5/h1-4,11H. The number of fused-ring (bicyclic) bond motifs is 1. The SMILES string of the molecule is Brc1cc(I)c2cc[nH]c2c1. The van der Waals surface area contributed by atoms with E-state index < -0.39 is 0 Å². The molecule has 0 aliphatic heterocycles. The minimum atomic E-state index is 1.12. The van der Waals surface area contributed by atoms with Gasteiger partial charge in [0.05, 0.1) is 0 Å². The van der Waals surface area contributed by atoms with Crippen molar-refractivity contribution in [3.05, 3.63) is 32.4 Å². The summed E-state index contributed by atoms with van der Waals surface area (Å²) >= 11 is 5.77. The summed E-state index contributed by atoms with van der Waals surface area (Å²) in [6, 6.07) is 6.28. The summed E-state index contributed by atoms with van der Waals surface area (Å²) in [7, 11) is 0. The van der Waals surface area contributed by atoms with Crippen LogP contribution in [0.15, 0.2) is 28.9 Å². The van der Waals surface area contributed by atoms with Gasteiger partial charge < -0.3 is 4.98 Å². The van der Waals surface area contributed by atoms with E-state index >= 15 is 0 Å². The van der Waals surface area contributed by atoms with Crippen molar-refractivity contribution in [3.63, 3.8) is 0 Å². The molecular formula is C8H5BrIN. The smallest absolute Gasteiger partial charge is 0.0475 e. The highest BCUT2D eigenvalue weighted by Gasteiger charge is 1.99. The van der Waals surface area contributed by atoms with Gasteiger partial charge in [-0.25, -0.2) is 0 Å². The number of aromatic nitrogens is 1. The van der Waals surface area contributed by atoms with Crippen molar-refractivity contribution in [2.45, 2.75) is 0 Å². The first-order valence-electron chi connectivity index (χ1n) is 3.19. The molecule has 0 spiro atoms. The van der Waals surface area contributed by atoms with Crippen molar-refractivity contribution >= 4 is 49.4 Å². The molecule has 3 heteroatoms. The fraction of sp³-hybridized carbons (Fsp3) is 0. The van der Waals surface area contributed by atoms with Crippen LogP contribution in [0.3, 0.4) is 0 Å². The highest BCUT2D eigenvalue weighted by Crippen LogP contribution is 2.24. The first kappa shape index (κ1) is 7.61. The molecule has 1 aromatic carbocycles. The van der Waals surface area contributed by atoms with E-state index in [1.165, 1.54) is 14.5 Å². The molecule has 0 saturated carbocycles. The van der Waals surface area contributed by atoms with Gasteiger partial charge in [-0.05, 0) is 40.8 Å². The molecule has 1 N–H and O–H groups in total. The molecule has 1 aromatic heterocycles. The summed E-state index contributed by atoms with van der Waals surface area (Å²) in [4.78, 5) is 3.17. The Morgan fingerprint density at radius 2 is 2.18 bits per heavy atom. The van der Waals surface area contributed by atoms with E-state index in [2.05, 4.69) is 61.7 Å². The third-order valence-electron chi connectivity index (χ3n) is 1.58. The second-order valence-corrected chi connectivity index (χ2v) is 4.40. The lowest BCUT2D eigenvalue weighted by atomic mass is 10.3. The van der Waals surface area contributed by atoms with E-state index in [1.54, 1.807) is 0 Å². The first-order valence-corrected chi connectivity index (χ1v) is 5.07. The van der Waals surface area contributed by atoms with Gasteiger partial charge in [0.15, 0.2) is 0 Å². The van der Waals surface area contributed by atoms with Crippen molar-refractivity contribution in [2.75, 3.05) is 0 Å². The van der Waals surface area contributed by atoms with Crippen molar-refractivity contribution in [2.24, 2.45) is 0 Å². The van der Waals surface area contributed by atoms with Crippen molar-refractivity contribution in [1.82, 2.24) is 4.98 Å². The van der Waals surface area contributed by atoms with E-state index in [4.69, 9.17) is 0 Å². The monoisotopic (exact) mass is 321 g/mol. The van der Waals surface area contributed by atoms with Gasteiger partial charge in [-0.2, -0.15) is 0 Å². The Morgan fingerprint density at radius 3 is 3.00 bits per heavy atom. The number of H-pyrrole nitrogens is 1. The van der Waals surface area contributed by atoms with Gasteiger partial charge in [0.2, 0.25) is 0 Å². The molecule has 56 valence electrons. The van der Waals surface area contributed by atoms with Gasteiger partial charge in [0.1, 0.15) is 0 Å². The van der Waals surface area contributed by atoms with Crippen LogP contribution >= 0.6 is 38.5 Å². The Hall–Kier alpha value is -0.0300. The summed E-state index contributed by atoms with van der Waals surface area (Å²) in [6.07, 6.45) is 1.96. The molecule has 0 aliphatic carbocycles. The van der Waals surface area contributed by atoms with Crippen LogP contribution in [-0.2, 0) is 0 Å². The minimum Gasteiger partial charge on any atom is -0.361 e. The Balaban J connectivity index is 2.91. The topological polar surface area (TPSA) is 15.8 Å². The summed E-state index contributed by atoms with van der Waals surface area (Å²) in [6.45, 7) is 0. The van der Waals surface area contributed by atoms with Crippen molar-refractivity contribution < 1.29 is 0 Å². The van der Waals surface area contributed by atoms with E-state index in [9.17, 15) is 0 Å². The zero-order valence-corrected chi connectivity index (χ0v) is 9.31. The summed E-state index contributed by atoms with van der Waals surface area (Å²) in [5, 5.41) is 1.29. The van der Waals surface area contributed by atoms with Gasteiger partial charge in [-0.1, -0.05) is 15.9 Å². The Bertz CT molecular complexity index is 394. The lowest BCUT2D eigenvalue weighted by molar-refractivity contribution is 1.47. The van der Waals surface area contributed by atoms with Crippen LogP contribution in [0.25, 0.3) is 10.9 Å². The van der Waals surface area contributed by atoms with Crippen LogP contribution in [0, 0.1) is 3.57 Å². The number of hydrogen-bond donors (Lipinski definition) is 1. The van der Waals surface area contributed by atoms with Gasteiger partial charge in [0.25, 0.3) is 0 Å². The van der Waals surface area contributed by atoms with Crippen LogP contribution < -0.4 is 0 Å². The predicted molar refractivity (Wildman–Crippen MR) is 58.7 cm³/mol. The number of nitrogens with one attached hydrogen (secondary N) is 1. The fourth-order valence-electron chi connectivity index (χ4n) is 1.09. The second-order valence-electron chi connectivity index (χ2n) is 2.33. The number of benzene rings is 1. The molecule has 0 unspecified atom stereocenters. The third kappa shape index (κ3) is 1.31. The lowest BCUT2D eigenvalue weighted by Crippen LogP contribution is -1.73. The molecule has 0 radical (unpaired) electrons. The number of aromatic amines is 1. The molecular weight excluding hydrogens is 317 g/mol. The Morgan fingerprint density at radius 1 is 1.36 bits per heavy atom. The highest BCUT2D eigenvalue weighted by atomic mass is 127. The summed E-state index contributed by atoms with van der Waals surface area (Å²) in [5.41, 5.74) is 1.18. The normalized spacial score (nSPS) is 10.7. The van der Waals surface area contributed by atoms with Crippen LogP contribution in [0.4, 0.5) is 0 Å². The van der Waals surface area contributed by atoms with E-state index in [0.29, 0.717) is 0 Å². The van der Waals surface area contributed by atoms with Crippen molar-refractivity contribution in [3.8, 4) is 0 Å². The second kappa shape index (κ2) is 2.79. The molecule has 0 aliphatic rings. The van der Waals surface area contributed by atoms with E-state index in [1.807, 2.05) is 6.20 Å². The lowest BCUT2D eigenvalue weighted by Gasteiger charge is -1.94. The molecule has 1 nitrogen and oxygen atoms in total. The van der Waals surface area contributed by atoms with Gasteiger partial charge in [-0.15, -0.1) is 0 Å². The molecule has 0 amide bonds. The summed E-state index contributed by atoms with van der Waals surface area (Å²) < 4.78 is 2.39. The molecule has 2 aromatic rings. The quantitative estimate of drug-likeness (QED) is 0.714. The number of rotatable bonds is 0. The molecule has 1 heterocycles. The first-order chi connectivity index (χ1) is 5.27. The molecule has 0 atom stereocenters. The molecule has 2 rings (SSSR count). The minimum absolute atomic E-state index is 1.12. The molecule has 0 saturated heterocycles. The van der Waals surface area contributed by atoms with Crippen LogP contribution in [0.5, 0.6) is 0 Å². The van der Waals surface area contributed by atoms with Gasteiger partial charge in [-0.3, -0.25) is 0 Å². The molecule has 0 fully saturated rings. The van der Waals surface area contributed by atoms with Gasteiger partial charge in [0, 0.05) is 25.1 Å². The maximum absolute atomic E-state index is 3.44. The predicted octanol–water partition coefficient (Wildman–Crippen LogP) is 3.54. The van der Waals surface area contributed by atoms with Crippen LogP contribution in [-0.4, -0.2) is 4.98 Å². The maximum atomic E-state index is 3.44. The highest BCUT2D eigenvalue weighted by molar-refractivity contribution is 14.1. The Kier molecular flexibility index (Phi) is 1.93. The summed E-state index contributed by atoms with van der Waals surface area (Å²) in [5.74, 6) is 0. The largest absolute Gasteiger partial charge is 0.361 e. The molecule has 0 bridgehead atoms. The Labute approximate surface area is 86.5 Å². The van der Waals surface area contributed by atoms with Gasteiger partial charge >= 0.3 is 0 Å². The average Bonchev–Trinajstić information content (AvgIpc) is 2.34. The fourth-order valence-corrected chi connectivity index (χ4v) is 2.78.